The fraction of sp³-hybridized carbons (Fsp3) is 0.571. The standard InChI is InChI=1S/C21H33N3O7/c1-21(2,3)31-19(27)23-11-14-29-13-10-22-18(26)17(9-12-25)24-20(28)30-15-16-7-5-4-6-8-16/h4-8,17,25H,9-15H2,1-3H3,(H,22,26)(H,23,27)(H,24,28). The molecule has 0 saturated heterocycles. The maximum Gasteiger partial charge on any atom is 0.408 e. The van der Waals surface area contributed by atoms with Gasteiger partial charge in [0.2, 0.25) is 5.91 Å². The van der Waals surface area contributed by atoms with Gasteiger partial charge in [-0.05, 0) is 32.8 Å². The van der Waals surface area contributed by atoms with Crippen molar-refractivity contribution in [3.05, 3.63) is 35.9 Å². The van der Waals surface area contributed by atoms with Crippen molar-refractivity contribution in [1.29, 1.82) is 0 Å². The number of nitrogens with one attached hydrogen (secondary N) is 3. The molecule has 0 fully saturated rings. The van der Waals surface area contributed by atoms with Gasteiger partial charge in [-0.15, -0.1) is 0 Å². The van der Waals surface area contributed by atoms with E-state index in [0.29, 0.717) is 0 Å². The second-order valence-electron chi connectivity index (χ2n) is 7.60. The van der Waals surface area contributed by atoms with Gasteiger partial charge in [-0.1, -0.05) is 30.3 Å². The third-order valence-electron chi connectivity index (χ3n) is 3.70. The zero-order valence-electron chi connectivity index (χ0n) is 18.3. The lowest BCUT2D eigenvalue weighted by molar-refractivity contribution is -0.123. The first kappa shape index (κ1) is 26.2. The summed E-state index contributed by atoms with van der Waals surface area (Å²) in [6, 6.07) is 8.21. The minimum atomic E-state index is -0.929. The van der Waals surface area contributed by atoms with E-state index in [4.69, 9.17) is 19.3 Å². The number of rotatable bonds is 12. The van der Waals surface area contributed by atoms with Crippen LogP contribution < -0.4 is 16.0 Å². The molecule has 4 N–H and O–H groups in total. The highest BCUT2D eigenvalue weighted by Gasteiger charge is 2.20. The molecule has 1 aromatic carbocycles. The van der Waals surface area contributed by atoms with Crippen molar-refractivity contribution in [2.75, 3.05) is 32.9 Å². The minimum absolute atomic E-state index is 0.0485. The Morgan fingerprint density at radius 1 is 1.00 bits per heavy atom. The van der Waals surface area contributed by atoms with E-state index < -0.39 is 29.7 Å². The summed E-state index contributed by atoms with van der Waals surface area (Å²) in [6.07, 6.45) is -1.23. The summed E-state index contributed by atoms with van der Waals surface area (Å²) in [4.78, 5) is 35.6. The molecule has 0 aromatic heterocycles. The van der Waals surface area contributed by atoms with Gasteiger partial charge >= 0.3 is 12.2 Å². The van der Waals surface area contributed by atoms with Crippen molar-refractivity contribution in [3.63, 3.8) is 0 Å². The Bertz CT molecular complexity index is 677. The molecule has 0 spiro atoms. The van der Waals surface area contributed by atoms with Crippen molar-refractivity contribution in [2.45, 2.75) is 45.4 Å². The lowest BCUT2D eigenvalue weighted by atomic mass is 10.2. The van der Waals surface area contributed by atoms with Crippen LogP contribution in [0.5, 0.6) is 0 Å². The first-order valence-electron chi connectivity index (χ1n) is 10.1. The molecule has 10 heteroatoms. The summed E-state index contributed by atoms with van der Waals surface area (Å²) in [5.74, 6) is -0.457. The first-order chi connectivity index (χ1) is 14.7. The Kier molecular flexibility index (Phi) is 12.0. The van der Waals surface area contributed by atoms with Gasteiger partial charge in [0, 0.05) is 19.7 Å². The van der Waals surface area contributed by atoms with E-state index in [1.165, 1.54) is 0 Å². The Balaban J connectivity index is 2.21. The topological polar surface area (TPSA) is 135 Å². The molecular weight excluding hydrogens is 406 g/mol. The van der Waals surface area contributed by atoms with Crippen LogP contribution in [0.3, 0.4) is 0 Å². The lowest BCUT2D eigenvalue weighted by Gasteiger charge is -2.19. The number of hydrogen-bond acceptors (Lipinski definition) is 7. The van der Waals surface area contributed by atoms with Crippen molar-refractivity contribution >= 4 is 18.1 Å². The highest BCUT2D eigenvalue weighted by atomic mass is 16.6. The quantitative estimate of drug-likeness (QED) is 0.361. The third-order valence-corrected chi connectivity index (χ3v) is 3.70. The van der Waals surface area contributed by atoms with Crippen LogP contribution in [0.2, 0.25) is 0 Å². The van der Waals surface area contributed by atoms with E-state index in [-0.39, 0.29) is 45.9 Å². The molecule has 1 aromatic rings. The summed E-state index contributed by atoms with van der Waals surface area (Å²) >= 11 is 0. The van der Waals surface area contributed by atoms with E-state index in [9.17, 15) is 14.4 Å². The summed E-state index contributed by atoms with van der Waals surface area (Å²) < 4.78 is 15.5. The predicted octanol–water partition coefficient (Wildman–Crippen LogP) is 1.32. The summed E-state index contributed by atoms with van der Waals surface area (Å²) in [5.41, 5.74) is 0.252. The molecule has 31 heavy (non-hydrogen) atoms. The first-order valence-corrected chi connectivity index (χ1v) is 10.1. The molecule has 174 valence electrons. The molecule has 10 nitrogen and oxygen atoms in total. The molecule has 0 bridgehead atoms. The molecule has 0 aliphatic heterocycles. The van der Waals surface area contributed by atoms with Crippen LogP contribution in [-0.4, -0.2) is 67.8 Å². The summed E-state index contributed by atoms with van der Waals surface area (Å²) in [5, 5.41) is 16.8. The molecule has 0 heterocycles. The zero-order valence-corrected chi connectivity index (χ0v) is 18.3. The number of carbonyl (C=O) groups excluding carboxylic acids is 3. The highest BCUT2D eigenvalue weighted by Crippen LogP contribution is 2.06. The largest absolute Gasteiger partial charge is 0.445 e. The number of benzene rings is 1. The monoisotopic (exact) mass is 439 g/mol. The van der Waals surface area contributed by atoms with Crippen molar-refractivity contribution in [3.8, 4) is 0 Å². The predicted molar refractivity (Wildman–Crippen MR) is 113 cm³/mol. The highest BCUT2D eigenvalue weighted by molar-refractivity contribution is 5.85. The van der Waals surface area contributed by atoms with Gasteiger partial charge in [0.1, 0.15) is 18.2 Å². The molecule has 0 aliphatic rings. The Labute approximate surface area is 182 Å². The normalized spacial score (nSPS) is 11.9. The fourth-order valence-corrected chi connectivity index (χ4v) is 2.32. The van der Waals surface area contributed by atoms with Gasteiger partial charge < -0.3 is 35.3 Å². The SMILES string of the molecule is CC(C)(C)OC(=O)NCCOCCNC(=O)C(CCO)NC(=O)OCc1ccccc1. The molecule has 1 atom stereocenters. The smallest absolute Gasteiger partial charge is 0.408 e. The van der Waals surface area contributed by atoms with E-state index in [2.05, 4.69) is 16.0 Å². The van der Waals surface area contributed by atoms with Gasteiger partial charge in [-0.2, -0.15) is 0 Å². The van der Waals surface area contributed by atoms with Crippen LogP contribution in [0.4, 0.5) is 9.59 Å². The van der Waals surface area contributed by atoms with Gasteiger partial charge in [-0.3, -0.25) is 4.79 Å². The number of alkyl carbamates (subject to hydrolysis) is 2. The van der Waals surface area contributed by atoms with Gasteiger partial charge in [0.25, 0.3) is 0 Å². The number of aliphatic hydroxyl groups is 1. The number of ether oxygens (including phenoxy) is 3. The van der Waals surface area contributed by atoms with Crippen LogP contribution in [0.1, 0.15) is 32.8 Å². The second kappa shape index (κ2) is 14.2. The Morgan fingerprint density at radius 2 is 1.65 bits per heavy atom. The van der Waals surface area contributed by atoms with Crippen LogP contribution >= 0.6 is 0 Å². The van der Waals surface area contributed by atoms with Crippen molar-refractivity contribution in [1.82, 2.24) is 16.0 Å². The third kappa shape index (κ3) is 13.1. The van der Waals surface area contributed by atoms with Gasteiger partial charge in [-0.25, -0.2) is 9.59 Å². The zero-order chi connectivity index (χ0) is 23.1. The number of hydrogen-bond donors (Lipinski definition) is 4. The van der Waals surface area contributed by atoms with Crippen LogP contribution in [0.25, 0.3) is 0 Å². The molecular formula is C21H33N3O7. The maximum atomic E-state index is 12.2. The van der Waals surface area contributed by atoms with Crippen LogP contribution in [0, 0.1) is 0 Å². The fourth-order valence-electron chi connectivity index (χ4n) is 2.32. The molecule has 3 amide bonds. The number of carbonyl (C=O) groups is 3. The number of aliphatic hydroxyl groups excluding tert-OH is 1. The maximum absolute atomic E-state index is 12.2. The van der Waals surface area contributed by atoms with E-state index in [1.54, 1.807) is 20.8 Å². The van der Waals surface area contributed by atoms with Crippen molar-refractivity contribution in [2.24, 2.45) is 0 Å². The van der Waals surface area contributed by atoms with Crippen LogP contribution in [0.15, 0.2) is 30.3 Å². The number of amides is 3. The summed E-state index contributed by atoms with van der Waals surface area (Å²) in [6.45, 7) is 6.05. The average Bonchev–Trinajstić information content (AvgIpc) is 2.70. The second-order valence-corrected chi connectivity index (χ2v) is 7.60. The van der Waals surface area contributed by atoms with E-state index in [0.717, 1.165) is 5.56 Å². The van der Waals surface area contributed by atoms with Gasteiger partial charge in [0.15, 0.2) is 0 Å². The Morgan fingerprint density at radius 3 is 2.26 bits per heavy atom. The lowest BCUT2D eigenvalue weighted by Crippen LogP contribution is -2.48. The van der Waals surface area contributed by atoms with Crippen molar-refractivity contribution < 1.29 is 33.7 Å². The van der Waals surface area contributed by atoms with E-state index in [1.807, 2.05) is 30.3 Å². The van der Waals surface area contributed by atoms with E-state index >= 15 is 0 Å². The molecule has 0 radical (unpaired) electrons. The molecule has 0 aliphatic carbocycles. The molecule has 1 unspecified atom stereocenters. The minimum Gasteiger partial charge on any atom is -0.445 e. The Hall–Kier alpha value is -2.85. The summed E-state index contributed by atoms with van der Waals surface area (Å²) in [7, 11) is 0. The van der Waals surface area contributed by atoms with Gasteiger partial charge in [0.05, 0.1) is 13.2 Å². The molecule has 0 saturated carbocycles. The average molecular weight is 440 g/mol. The molecule has 1 rings (SSSR count). The van der Waals surface area contributed by atoms with Crippen LogP contribution in [-0.2, 0) is 25.6 Å².